The van der Waals surface area contributed by atoms with Crippen LogP contribution in [0.1, 0.15) is 30.1 Å². The Kier molecular flexibility index (Phi) is 3.72. The number of benzene rings is 1. The molecule has 0 saturated heterocycles. The number of fused-ring (bicyclic) bond motifs is 1. The van der Waals surface area contributed by atoms with E-state index >= 15 is 0 Å². The van der Waals surface area contributed by atoms with Crippen molar-refractivity contribution in [1.82, 2.24) is 9.97 Å². The SMILES string of the molecule is COc1ccc(Br)cc1-c1ncc2c(n1)CCCC2N. The highest BCUT2D eigenvalue weighted by Crippen LogP contribution is 2.33. The monoisotopic (exact) mass is 333 g/mol. The number of hydrogen-bond acceptors (Lipinski definition) is 4. The number of aryl methyl sites for hydroxylation is 1. The minimum Gasteiger partial charge on any atom is -0.496 e. The molecule has 0 aliphatic heterocycles. The molecule has 5 heteroatoms. The molecule has 0 radical (unpaired) electrons. The largest absolute Gasteiger partial charge is 0.496 e. The van der Waals surface area contributed by atoms with E-state index in [4.69, 9.17) is 15.5 Å². The molecule has 4 nitrogen and oxygen atoms in total. The van der Waals surface area contributed by atoms with Gasteiger partial charge in [0.15, 0.2) is 5.82 Å². The van der Waals surface area contributed by atoms with E-state index in [-0.39, 0.29) is 6.04 Å². The van der Waals surface area contributed by atoms with Crippen molar-refractivity contribution in [3.63, 3.8) is 0 Å². The van der Waals surface area contributed by atoms with Crippen molar-refractivity contribution in [1.29, 1.82) is 0 Å². The molecule has 20 heavy (non-hydrogen) atoms. The molecule has 0 spiro atoms. The quantitative estimate of drug-likeness (QED) is 0.916. The fourth-order valence-corrected chi connectivity index (χ4v) is 2.93. The van der Waals surface area contributed by atoms with Crippen molar-refractivity contribution in [2.24, 2.45) is 5.73 Å². The molecule has 1 aromatic heterocycles. The average molecular weight is 334 g/mol. The van der Waals surface area contributed by atoms with Gasteiger partial charge in [0.05, 0.1) is 12.7 Å². The molecule has 104 valence electrons. The summed E-state index contributed by atoms with van der Waals surface area (Å²) >= 11 is 3.48. The molecule has 1 aliphatic carbocycles. The van der Waals surface area contributed by atoms with E-state index in [2.05, 4.69) is 20.9 Å². The molecular weight excluding hydrogens is 318 g/mol. The first kappa shape index (κ1) is 13.5. The standard InChI is InChI=1S/C15H16BrN3O/c1-20-14-6-5-9(16)7-10(14)15-18-8-11-12(17)3-2-4-13(11)19-15/h5-8,12H,2-4,17H2,1H3. The molecule has 1 aromatic carbocycles. The van der Waals surface area contributed by atoms with Gasteiger partial charge in [-0.2, -0.15) is 0 Å². The Morgan fingerprint density at radius 1 is 1.40 bits per heavy atom. The Morgan fingerprint density at radius 2 is 2.25 bits per heavy atom. The summed E-state index contributed by atoms with van der Waals surface area (Å²) in [4.78, 5) is 9.16. The molecule has 1 aliphatic rings. The Morgan fingerprint density at radius 3 is 3.05 bits per heavy atom. The zero-order valence-electron chi connectivity index (χ0n) is 11.3. The van der Waals surface area contributed by atoms with Gasteiger partial charge in [-0.05, 0) is 37.5 Å². The molecule has 1 heterocycles. The lowest BCUT2D eigenvalue weighted by Gasteiger charge is -2.21. The second-order valence-corrected chi connectivity index (χ2v) is 5.85. The Labute approximate surface area is 126 Å². The number of hydrogen-bond donors (Lipinski definition) is 1. The minimum atomic E-state index is 0.0669. The number of halogens is 1. The van der Waals surface area contributed by atoms with Gasteiger partial charge >= 0.3 is 0 Å². The highest BCUT2D eigenvalue weighted by molar-refractivity contribution is 9.10. The van der Waals surface area contributed by atoms with Crippen molar-refractivity contribution in [2.45, 2.75) is 25.3 Å². The Hall–Kier alpha value is -1.46. The second kappa shape index (κ2) is 5.50. The predicted molar refractivity (Wildman–Crippen MR) is 81.6 cm³/mol. The van der Waals surface area contributed by atoms with E-state index in [9.17, 15) is 0 Å². The summed E-state index contributed by atoms with van der Waals surface area (Å²) in [7, 11) is 1.65. The van der Waals surface area contributed by atoms with Crippen LogP contribution in [0.4, 0.5) is 0 Å². The van der Waals surface area contributed by atoms with E-state index in [0.29, 0.717) is 5.82 Å². The van der Waals surface area contributed by atoms with Crippen LogP contribution < -0.4 is 10.5 Å². The number of nitrogens with zero attached hydrogens (tertiary/aromatic N) is 2. The summed E-state index contributed by atoms with van der Waals surface area (Å²) in [5, 5.41) is 0. The summed E-state index contributed by atoms with van der Waals surface area (Å²) in [5.74, 6) is 1.46. The van der Waals surface area contributed by atoms with Crippen molar-refractivity contribution in [3.8, 4) is 17.1 Å². The molecule has 1 atom stereocenters. The van der Waals surface area contributed by atoms with Crippen LogP contribution in [-0.2, 0) is 6.42 Å². The number of rotatable bonds is 2. The van der Waals surface area contributed by atoms with E-state index in [1.54, 1.807) is 7.11 Å². The van der Waals surface area contributed by atoms with Crippen molar-refractivity contribution in [2.75, 3.05) is 7.11 Å². The second-order valence-electron chi connectivity index (χ2n) is 4.94. The lowest BCUT2D eigenvalue weighted by molar-refractivity contribution is 0.416. The highest BCUT2D eigenvalue weighted by Gasteiger charge is 2.20. The third-order valence-electron chi connectivity index (χ3n) is 3.63. The van der Waals surface area contributed by atoms with Crippen LogP contribution in [0.25, 0.3) is 11.4 Å². The van der Waals surface area contributed by atoms with Gasteiger partial charge in [0.2, 0.25) is 0 Å². The van der Waals surface area contributed by atoms with Gasteiger partial charge in [-0.15, -0.1) is 0 Å². The van der Waals surface area contributed by atoms with Crippen LogP contribution in [0, 0.1) is 0 Å². The third-order valence-corrected chi connectivity index (χ3v) is 4.12. The lowest BCUT2D eigenvalue weighted by Crippen LogP contribution is -2.19. The van der Waals surface area contributed by atoms with Crippen LogP contribution in [0.2, 0.25) is 0 Å². The molecule has 2 aromatic rings. The number of ether oxygens (including phenoxy) is 1. The molecule has 1 unspecified atom stereocenters. The van der Waals surface area contributed by atoms with Gasteiger partial charge in [0.1, 0.15) is 5.75 Å². The zero-order chi connectivity index (χ0) is 14.1. The van der Waals surface area contributed by atoms with Gasteiger partial charge in [-0.3, -0.25) is 0 Å². The first-order valence-corrected chi connectivity index (χ1v) is 7.43. The van der Waals surface area contributed by atoms with Gasteiger partial charge in [-0.1, -0.05) is 15.9 Å². The molecular formula is C15H16BrN3O. The van der Waals surface area contributed by atoms with Crippen LogP contribution >= 0.6 is 15.9 Å². The first-order chi connectivity index (χ1) is 9.69. The molecule has 0 fully saturated rings. The number of aromatic nitrogens is 2. The van der Waals surface area contributed by atoms with Crippen molar-refractivity contribution >= 4 is 15.9 Å². The molecule has 0 saturated carbocycles. The van der Waals surface area contributed by atoms with Gasteiger partial charge < -0.3 is 10.5 Å². The van der Waals surface area contributed by atoms with Crippen LogP contribution in [0.3, 0.4) is 0 Å². The molecule has 0 bridgehead atoms. The summed E-state index contributed by atoms with van der Waals surface area (Å²) in [6, 6.07) is 5.89. The normalized spacial score (nSPS) is 17.6. The van der Waals surface area contributed by atoms with Crippen molar-refractivity contribution < 1.29 is 4.74 Å². The fraction of sp³-hybridized carbons (Fsp3) is 0.333. The van der Waals surface area contributed by atoms with Gasteiger partial charge in [-0.25, -0.2) is 9.97 Å². The summed E-state index contributed by atoms with van der Waals surface area (Å²) < 4.78 is 6.37. The van der Waals surface area contributed by atoms with E-state index in [1.807, 2.05) is 24.4 Å². The molecule has 3 rings (SSSR count). The van der Waals surface area contributed by atoms with Gasteiger partial charge in [0, 0.05) is 28.0 Å². The van der Waals surface area contributed by atoms with E-state index in [1.165, 1.54) is 0 Å². The number of nitrogens with two attached hydrogens (primary N) is 1. The summed E-state index contributed by atoms with van der Waals surface area (Å²) in [6.45, 7) is 0. The smallest absolute Gasteiger partial charge is 0.163 e. The van der Waals surface area contributed by atoms with Crippen LogP contribution in [0.5, 0.6) is 5.75 Å². The maximum atomic E-state index is 6.10. The van der Waals surface area contributed by atoms with Crippen LogP contribution in [-0.4, -0.2) is 17.1 Å². The predicted octanol–water partition coefficient (Wildman–Crippen LogP) is 3.25. The topological polar surface area (TPSA) is 61.0 Å². The van der Waals surface area contributed by atoms with Crippen molar-refractivity contribution in [3.05, 3.63) is 40.1 Å². The maximum absolute atomic E-state index is 6.10. The first-order valence-electron chi connectivity index (χ1n) is 6.64. The third kappa shape index (κ3) is 2.43. The number of methoxy groups -OCH3 is 1. The Balaban J connectivity index is 2.09. The highest BCUT2D eigenvalue weighted by atomic mass is 79.9. The van der Waals surface area contributed by atoms with E-state index in [0.717, 1.165) is 46.3 Å². The molecule has 0 amide bonds. The average Bonchev–Trinajstić information content (AvgIpc) is 2.47. The maximum Gasteiger partial charge on any atom is 0.163 e. The summed E-state index contributed by atoms with van der Waals surface area (Å²) in [6.07, 6.45) is 4.92. The minimum absolute atomic E-state index is 0.0669. The zero-order valence-corrected chi connectivity index (χ0v) is 12.9. The van der Waals surface area contributed by atoms with Crippen LogP contribution in [0.15, 0.2) is 28.9 Å². The summed E-state index contributed by atoms with van der Waals surface area (Å²) in [5.41, 5.74) is 9.14. The fourth-order valence-electron chi connectivity index (χ4n) is 2.57. The Bertz CT molecular complexity index is 645. The lowest BCUT2D eigenvalue weighted by atomic mass is 9.93. The molecule has 2 N–H and O–H groups in total. The van der Waals surface area contributed by atoms with Gasteiger partial charge in [0.25, 0.3) is 0 Å². The van der Waals surface area contributed by atoms with E-state index < -0.39 is 0 Å².